The van der Waals surface area contributed by atoms with Crippen LogP contribution in [-0.2, 0) is 11.3 Å². The summed E-state index contributed by atoms with van der Waals surface area (Å²) in [6, 6.07) is 7.22. The van der Waals surface area contributed by atoms with Crippen LogP contribution in [0.3, 0.4) is 0 Å². The van der Waals surface area contributed by atoms with E-state index in [2.05, 4.69) is 34.4 Å². The van der Waals surface area contributed by atoms with Crippen LogP contribution in [0.25, 0.3) is 5.95 Å². The van der Waals surface area contributed by atoms with Gasteiger partial charge in [-0.25, -0.2) is 14.8 Å². The molecule has 0 aliphatic carbocycles. The number of nitrogens with zero attached hydrogens (tertiary/aromatic N) is 6. The Labute approximate surface area is 233 Å². The molecule has 40 heavy (non-hydrogen) atoms. The third kappa shape index (κ3) is 6.27. The molecule has 5 rings (SSSR count). The Balaban J connectivity index is 1.35. The van der Waals surface area contributed by atoms with Gasteiger partial charge in [-0.3, -0.25) is 9.36 Å². The zero-order valence-electron chi connectivity index (χ0n) is 23.2. The first-order valence-corrected chi connectivity index (χ1v) is 13.7. The van der Waals surface area contributed by atoms with Gasteiger partial charge < -0.3 is 29.9 Å². The molecule has 1 unspecified atom stereocenters. The number of amides is 3. The molecule has 2 aromatic heterocycles. The lowest BCUT2D eigenvalue weighted by molar-refractivity contribution is -0.121. The number of urea groups is 1. The average Bonchev–Trinajstić information content (AvgIpc) is 3.67. The van der Waals surface area contributed by atoms with E-state index in [9.17, 15) is 9.59 Å². The highest BCUT2D eigenvalue weighted by Crippen LogP contribution is 2.32. The lowest BCUT2D eigenvalue weighted by Gasteiger charge is -2.42. The predicted octanol–water partition coefficient (Wildman–Crippen LogP) is 2.83. The first-order chi connectivity index (χ1) is 19.4. The number of hydrogen-bond donors (Lipinski definition) is 2. The van der Waals surface area contributed by atoms with Crippen molar-refractivity contribution < 1.29 is 19.1 Å². The topological polar surface area (TPSA) is 127 Å². The quantitative estimate of drug-likeness (QED) is 0.418. The van der Waals surface area contributed by atoms with Crippen molar-refractivity contribution in [1.29, 1.82) is 0 Å². The Kier molecular flexibility index (Phi) is 8.32. The van der Waals surface area contributed by atoms with E-state index < -0.39 is 0 Å². The predicted molar refractivity (Wildman–Crippen MR) is 149 cm³/mol. The maximum absolute atomic E-state index is 13.2. The lowest BCUT2D eigenvalue weighted by atomic mass is 10.1. The number of carbonyl (C=O) groups is 2. The van der Waals surface area contributed by atoms with E-state index >= 15 is 0 Å². The van der Waals surface area contributed by atoms with Crippen LogP contribution in [-0.4, -0.2) is 75.4 Å². The van der Waals surface area contributed by atoms with Crippen molar-refractivity contribution in [1.82, 2.24) is 35.1 Å². The van der Waals surface area contributed by atoms with Crippen LogP contribution in [0.15, 0.2) is 43.0 Å². The van der Waals surface area contributed by atoms with E-state index in [1.807, 2.05) is 31.2 Å². The number of piperazine rings is 1. The molecule has 2 aliphatic rings. The van der Waals surface area contributed by atoms with Crippen molar-refractivity contribution in [2.24, 2.45) is 0 Å². The molecule has 1 fully saturated rings. The summed E-state index contributed by atoms with van der Waals surface area (Å²) in [5.74, 6) is 2.69. The number of anilines is 1. The molecule has 3 amide bonds. The first-order valence-electron chi connectivity index (χ1n) is 13.7. The molecule has 0 radical (unpaired) electrons. The Morgan fingerprint density at radius 1 is 1.10 bits per heavy atom. The van der Waals surface area contributed by atoms with Crippen LogP contribution in [0.1, 0.15) is 50.8 Å². The van der Waals surface area contributed by atoms with E-state index in [-0.39, 0.29) is 37.1 Å². The molecule has 0 bridgehead atoms. The van der Waals surface area contributed by atoms with Crippen LogP contribution in [0.5, 0.6) is 11.5 Å². The second-order valence-corrected chi connectivity index (χ2v) is 10.3. The molecule has 12 nitrogen and oxygen atoms in total. The molecule has 1 atom stereocenters. The molecule has 2 N–H and O–H groups in total. The number of benzene rings is 1. The molecule has 4 heterocycles. The number of rotatable bonds is 9. The minimum absolute atomic E-state index is 0.114. The highest BCUT2D eigenvalue weighted by atomic mass is 16.7. The zero-order chi connectivity index (χ0) is 28.1. The average molecular weight is 549 g/mol. The van der Waals surface area contributed by atoms with Crippen LogP contribution < -0.4 is 25.0 Å². The van der Waals surface area contributed by atoms with E-state index in [1.165, 1.54) is 0 Å². The molecule has 0 saturated carbocycles. The number of hydrogen-bond acceptors (Lipinski definition) is 8. The summed E-state index contributed by atoms with van der Waals surface area (Å²) in [6.45, 7) is 8.82. The summed E-state index contributed by atoms with van der Waals surface area (Å²) in [4.78, 5) is 43.7. The summed E-state index contributed by atoms with van der Waals surface area (Å²) >= 11 is 0. The molecule has 2 aliphatic heterocycles. The monoisotopic (exact) mass is 548 g/mol. The number of imidazole rings is 1. The molecular weight excluding hydrogens is 512 g/mol. The molecule has 0 spiro atoms. The van der Waals surface area contributed by atoms with Gasteiger partial charge in [-0.05, 0) is 30.0 Å². The van der Waals surface area contributed by atoms with Gasteiger partial charge in [-0.1, -0.05) is 26.8 Å². The minimum atomic E-state index is -0.275. The fourth-order valence-corrected chi connectivity index (χ4v) is 4.77. The molecule has 1 aromatic carbocycles. The largest absolute Gasteiger partial charge is 0.454 e. The van der Waals surface area contributed by atoms with Gasteiger partial charge in [0, 0.05) is 57.6 Å². The maximum Gasteiger partial charge on any atom is 0.317 e. The van der Waals surface area contributed by atoms with Gasteiger partial charge in [0.2, 0.25) is 18.6 Å². The second-order valence-electron chi connectivity index (χ2n) is 10.3. The molecule has 212 valence electrons. The van der Waals surface area contributed by atoms with Crippen molar-refractivity contribution in [2.75, 3.05) is 37.9 Å². The Hall–Kier alpha value is -4.35. The van der Waals surface area contributed by atoms with Crippen molar-refractivity contribution in [3.05, 3.63) is 54.2 Å². The summed E-state index contributed by atoms with van der Waals surface area (Å²) in [5.41, 5.74) is 1.81. The van der Waals surface area contributed by atoms with E-state index in [0.29, 0.717) is 50.2 Å². The van der Waals surface area contributed by atoms with Crippen LogP contribution in [0, 0.1) is 0 Å². The van der Waals surface area contributed by atoms with Gasteiger partial charge in [0.05, 0.1) is 11.7 Å². The molecular formula is C28H36N8O4. The Morgan fingerprint density at radius 2 is 1.95 bits per heavy atom. The highest BCUT2D eigenvalue weighted by molar-refractivity contribution is 5.78. The zero-order valence-corrected chi connectivity index (χ0v) is 23.2. The lowest BCUT2D eigenvalue weighted by Crippen LogP contribution is -2.58. The van der Waals surface area contributed by atoms with Crippen molar-refractivity contribution in [2.45, 2.75) is 52.1 Å². The van der Waals surface area contributed by atoms with Gasteiger partial charge in [-0.2, -0.15) is 4.98 Å². The van der Waals surface area contributed by atoms with E-state index in [1.54, 1.807) is 28.2 Å². The third-order valence-corrected chi connectivity index (χ3v) is 6.99. The number of fused-ring (bicyclic) bond motifs is 1. The number of carbonyl (C=O) groups excluding carboxylic acids is 2. The summed E-state index contributed by atoms with van der Waals surface area (Å²) < 4.78 is 12.6. The van der Waals surface area contributed by atoms with Gasteiger partial charge in [0.25, 0.3) is 0 Å². The summed E-state index contributed by atoms with van der Waals surface area (Å²) in [5, 5.41) is 5.98. The highest BCUT2D eigenvalue weighted by Gasteiger charge is 2.32. The summed E-state index contributed by atoms with van der Waals surface area (Å²) in [7, 11) is 0. The second kappa shape index (κ2) is 12.2. The van der Waals surface area contributed by atoms with Crippen LogP contribution in [0.2, 0.25) is 0 Å². The molecule has 12 heteroatoms. The first kappa shape index (κ1) is 27.2. The number of nitrogens with one attached hydrogen (secondary N) is 2. The standard InChI is InChI=1S/C28H36N8O4/c1-4-7-30-28(38)34-10-11-36(25-14-22(19(2)3)32-27(33-25)35-9-8-29-17-35)21(16-34)13-26(37)31-15-20-5-6-23-24(12-20)40-18-39-23/h5-6,8-9,12,14,17,19,21H,4,7,10-11,13,15-16,18H2,1-3H3,(H,30,38)(H,31,37). The van der Waals surface area contributed by atoms with Gasteiger partial charge in [0.15, 0.2) is 11.5 Å². The third-order valence-electron chi connectivity index (χ3n) is 6.99. The van der Waals surface area contributed by atoms with E-state index in [0.717, 1.165) is 23.5 Å². The van der Waals surface area contributed by atoms with Crippen molar-refractivity contribution >= 4 is 17.8 Å². The normalized spacial score (nSPS) is 16.4. The van der Waals surface area contributed by atoms with Crippen LogP contribution >= 0.6 is 0 Å². The smallest absolute Gasteiger partial charge is 0.317 e. The van der Waals surface area contributed by atoms with Gasteiger partial charge >= 0.3 is 6.03 Å². The molecule has 3 aromatic rings. The SMILES string of the molecule is CCCNC(=O)N1CCN(c2cc(C(C)C)nc(-n3ccnc3)n2)C(CC(=O)NCc2ccc3c(c2)OCO3)C1. The van der Waals surface area contributed by atoms with Gasteiger partial charge in [0.1, 0.15) is 12.1 Å². The van der Waals surface area contributed by atoms with Crippen molar-refractivity contribution in [3.63, 3.8) is 0 Å². The molecule has 1 saturated heterocycles. The van der Waals surface area contributed by atoms with Crippen LogP contribution in [0.4, 0.5) is 10.6 Å². The minimum Gasteiger partial charge on any atom is -0.454 e. The van der Waals surface area contributed by atoms with Crippen molar-refractivity contribution in [3.8, 4) is 17.4 Å². The summed E-state index contributed by atoms with van der Waals surface area (Å²) in [6.07, 6.45) is 6.21. The maximum atomic E-state index is 13.2. The van der Waals surface area contributed by atoms with Gasteiger partial charge in [-0.15, -0.1) is 0 Å². The fraction of sp³-hybridized carbons (Fsp3) is 0.464. The van der Waals surface area contributed by atoms with E-state index in [4.69, 9.17) is 19.4 Å². The Morgan fingerprint density at radius 3 is 2.73 bits per heavy atom. The Bertz CT molecular complexity index is 1330. The number of aromatic nitrogens is 4. The number of ether oxygens (including phenoxy) is 2. The fourth-order valence-electron chi connectivity index (χ4n) is 4.77.